The molecule has 0 aliphatic heterocycles. The van der Waals surface area contributed by atoms with Gasteiger partial charge in [-0.05, 0) is 12.1 Å². The van der Waals surface area contributed by atoms with Crippen LogP contribution in [0.3, 0.4) is 0 Å². The van der Waals surface area contributed by atoms with E-state index in [2.05, 4.69) is 9.47 Å². The number of halogens is 4. The minimum absolute atomic E-state index is 0.0255. The van der Waals surface area contributed by atoms with E-state index in [4.69, 9.17) is 0 Å². The van der Waals surface area contributed by atoms with Crippen LogP contribution in [-0.2, 0) is 0 Å². The summed E-state index contributed by atoms with van der Waals surface area (Å²) >= 11 is 0. The van der Waals surface area contributed by atoms with Gasteiger partial charge >= 0.3 is 13.2 Å². The van der Waals surface area contributed by atoms with Crippen LogP contribution >= 0.6 is 0 Å². The van der Waals surface area contributed by atoms with Gasteiger partial charge in [0.1, 0.15) is 0 Å². The van der Waals surface area contributed by atoms with Crippen LogP contribution in [0.1, 0.15) is 23.7 Å². The van der Waals surface area contributed by atoms with Crippen molar-refractivity contribution in [2.45, 2.75) is 26.6 Å². The summed E-state index contributed by atoms with van der Waals surface area (Å²) in [6.45, 7) is -4.93. The highest BCUT2D eigenvalue weighted by molar-refractivity contribution is 5.99. The molecule has 0 fully saturated rings. The number of ketones is 1. The lowest BCUT2D eigenvalue weighted by Crippen LogP contribution is -2.11. The second-order valence-corrected chi connectivity index (χ2v) is 3.17. The van der Waals surface area contributed by atoms with E-state index in [1.165, 1.54) is 19.1 Å². The Morgan fingerprint density at radius 3 is 2.28 bits per heavy atom. The van der Waals surface area contributed by atoms with Gasteiger partial charge in [-0.3, -0.25) is 4.79 Å². The normalized spacial score (nSPS) is 10.8. The lowest BCUT2D eigenvalue weighted by molar-refractivity contribution is -0.0694. The zero-order valence-electron chi connectivity index (χ0n) is 9.33. The monoisotopic (exact) mass is 266 g/mol. The molecule has 0 amide bonds. The number of ether oxygens (including phenoxy) is 2. The molecule has 0 aliphatic carbocycles. The minimum atomic E-state index is -3.24. The maximum absolute atomic E-state index is 12.2. The van der Waals surface area contributed by atoms with Crippen LogP contribution in [-0.4, -0.2) is 19.0 Å². The van der Waals surface area contributed by atoms with E-state index in [9.17, 15) is 22.4 Å². The largest absolute Gasteiger partial charge is 0.431 e. The predicted molar refractivity (Wildman–Crippen MR) is 54.3 cm³/mol. The van der Waals surface area contributed by atoms with Crippen molar-refractivity contribution in [3.05, 3.63) is 23.8 Å². The number of Topliss-reactive ketones (excluding diaryl/α,β-unsaturated/α-hetero) is 1. The molecular weight excluding hydrogens is 256 g/mol. The van der Waals surface area contributed by atoms with Gasteiger partial charge in [0.15, 0.2) is 17.3 Å². The third-order valence-corrected chi connectivity index (χ3v) is 2.02. The van der Waals surface area contributed by atoms with E-state index in [1.807, 2.05) is 0 Å². The molecule has 0 N–H and O–H groups in total. The highest BCUT2D eigenvalue weighted by Gasteiger charge is 2.21. The fourth-order valence-corrected chi connectivity index (χ4v) is 1.33. The molecule has 0 unspecified atom stereocenters. The Hall–Kier alpha value is -1.79. The van der Waals surface area contributed by atoms with Crippen LogP contribution in [0.5, 0.6) is 11.5 Å². The average Bonchev–Trinajstić information content (AvgIpc) is 2.29. The Morgan fingerprint density at radius 2 is 1.78 bits per heavy atom. The summed E-state index contributed by atoms with van der Waals surface area (Å²) in [6.07, 6.45) is 0.0255. The summed E-state index contributed by atoms with van der Waals surface area (Å²) in [7, 11) is 0. The Balaban J connectivity index is 3.20. The number of alkyl halides is 4. The second kappa shape index (κ2) is 6.23. The molecule has 0 saturated carbocycles. The second-order valence-electron chi connectivity index (χ2n) is 3.17. The van der Waals surface area contributed by atoms with E-state index in [1.54, 1.807) is 0 Å². The van der Waals surface area contributed by atoms with Crippen molar-refractivity contribution in [3.63, 3.8) is 0 Å². The van der Waals surface area contributed by atoms with Gasteiger partial charge in [-0.25, -0.2) is 0 Å². The SMILES string of the molecule is CCC(=O)c1cccc(OC(F)F)c1OC(F)F. The smallest absolute Gasteiger partial charge is 0.387 e. The van der Waals surface area contributed by atoms with Gasteiger partial charge in [-0.2, -0.15) is 17.6 Å². The van der Waals surface area contributed by atoms with Gasteiger partial charge in [0.25, 0.3) is 0 Å². The molecule has 3 nitrogen and oxygen atoms in total. The molecule has 1 aromatic carbocycles. The molecule has 0 atom stereocenters. The van der Waals surface area contributed by atoms with E-state index in [0.29, 0.717) is 0 Å². The number of rotatable bonds is 6. The Kier molecular flexibility index (Phi) is 4.94. The van der Waals surface area contributed by atoms with Crippen molar-refractivity contribution in [1.29, 1.82) is 0 Å². The molecule has 100 valence electrons. The molecule has 0 aromatic heterocycles. The molecule has 0 heterocycles. The minimum Gasteiger partial charge on any atom is -0.431 e. The summed E-state index contributed by atoms with van der Waals surface area (Å²) in [5.74, 6) is -1.77. The first-order chi connectivity index (χ1) is 8.45. The molecule has 18 heavy (non-hydrogen) atoms. The molecule has 7 heteroatoms. The Bertz CT molecular complexity index is 421. The molecule has 0 bridgehead atoms. The number of benzene rings is 1. The molecule has 0 spiro atoms. The number of carbonyl (C=O) groups is 1. The highest BCUT2D eigenvalue weighted by atomic mass is 19.3. The van der Waals surface area contributed by atoms with Gasteiger partial charge in [-0.1, -0.05) is 13.0 Å². The van der Waals surface area contributed by atoms with Crippen molar-refractivity contribution >= 4 is 5.78 Å². The van der Waals surface area contributed by atoms with Gasteiger partial charge < -0.3 is 9.47 Å². The lowest BCUT2D eigenvalue weighted by atomic mass is 10.1. The first-order valence-corrected chi connectivity index (χ1v) is 5.01. The number of carbonyl (C=O) groups excluding carboxylic acids is 1. The average molecular weight is 266 g/mol. The summed E-state index contributed by atoms with van der Waals surface area (Å²) in [5, 5.41) is 0. The van der Waals surface area contributed by atoms with Crippen molar-refractivity contribution in [3.8, 4) is 11.5 Å². The van der Waals surface area contributed by atoms with Crippen LogP contribution < -0.4 is 9.47 Å². The predicted octanol–water partition coefficient (Wildman–Crippen LogP) is 3.48. The topological polar surface area (TPSA) is 35.5 Å². The zero-order valence-corrected chi connectivity index (χ0v) is 9.33. The Labute approximate surface area is 100 Å². The third-order valence-electron chi connectivity index (χ3n) is 2.02. The molecular formula is C11H10F4O3. The lowest BCUT2D eigenvalue weighted by Gasteiger charge is -2.14. The van der Waals surface area contributed by atoms with Crippen molar-refractivity contribution in [2.24, 2.45) is 0 Å². The van der Waals surface area contributed by atoms with Crippen LogP contribution in [0.2, 0.25) is 0 Å². The summed E-state index contributed by atoms with van der Waals surface area (Å²) in [6, 6.07) is 3.48. The highest BCUT2D eigenvalue weighted by Crippen LogP contribution is 2.34. The fraction of sp³-hybridized carbons (Fsp3) is 0.364. The van der Waals surface area contributed by atoms with E-state index in [0.717, 1.165) is 6.07 Å². The summed E-state index contributed by atoms with van der Waals surface area (Å²) in [5.41, 5.74) is -0.212. The summed E-state index contributed by atoms with van der Waals surface area (Å²) in [4.78, 5) is 11.5. The van der Waals surface area contributed by atoms with Crippen molar-refractivity contribution < 1.29 is 31.8 Å². The summed E-state index contributed by atoms with van der Waals surface area (Å²) < 4.78 is 56.7. The molecule has 0 saturated heterocycles. The molecule has 0 radical (unpaired) electrons. The first-order valence-electron chi connectivity index (χ1n) is 5.01. The van der Waals surface area contributed by atoms with Crippen LogP contribution in [0.15, 0.2) is 18.2 Å². The quantitative estimate of drug-likeness (QED) is 0.584. The molecule has 1 aromatic rings. The zero-order chi connectivity index (χ0) is 13.7. The molecule has 1 rings (SSSR count). The van der Waals surface area contributed by atoms with Gasteiger partial charge in [0.05, 0.1) is 5.56 Å². The van der Waals surface area contributed by atoms with Crippen LogP contribution in [0.4, 0.5) is 17.6 Å². The van der Waals surface area contributed by atoms with E-state index in [-0.39, 0.29) is 12.0 Å². The van der Waals surface area contributed by atoms with Crippen LogP contribution in [0, 0.1) is 0 Å². The number of hydrogen-bond donors (Lipinski definition) is 0. The maximum Gasteiger partial charge on any atom is 0.387 e. The first kappa shape index (κ1) is 14.3. The standard InChI is InChI=1S/C11H10F4O3/c1-2-7(16)6-4-3-5-8(17-10(12)13)9(6)18-11(14)15/h3-5,10-11H,2H2,1H3. The van der Waals surface area contributed by atoms with Gasteiger partial charge in [0.2, 0.25) is 0 Å². The molecule has 0 aliphatic rings. The van der Waals surface area contributed by atoms with E-state index >= 15 is 0 Å². The van der Waals surface area contributed by atoms with Crippen molar-refractivity contribution in [1.82, 2.24) is 0 Å². The van der Waals surface area contributed by atoms with Crippen molar-refractivity contribution in [2.75, 3.05) is 0 Å². The third kappa shape index (κ3) is 3.61. The van der Waals surface area contributed by atoms with Crippen LogP contribution in [0.25, 0.3) is 0 Å². The number of para-hydroxylation sites is 1. The fourth-order valence-electron chi connectivity index (χ4n) is 1.33. The maximum atomic E-state index is 12.2. The number of hydrogen-bond acceptors (Lipinski definition) is 3. The van der Waals surface area contributed by atoms with Gasteiger partial charge in [-0.15, -0.1) is 0 Å². The van der Waals surface area contributed by atoms with E-state index < -0.39 is 30.5 Å². The van der Waals surface area contributed by atoms with Gasteiger partial charge in [0, 0.05) is 6.42 Å². The Morgan fingerprint density at radius 1 is 1.17 bits per heavy atom.